The lowest BCUT2D eigenvalue weighted by Gasteiger charge is -2.58. The van der Waals surface area contributed by atoms with Crippen molar-refractivity contribution in [2.45, 2.75) is 58.8 Å². The molecule has 0 aromatic carbocycles. The maximum atomic E-state index is 11.8. The third-order valence-electron chi connectivity index (χ3n) is 7.35. The van der Waals surface area contributed by atoms with Gasteiger partial charge in [0.15, 0.2) is 0 Å². The summed E-state index contributed by atoms with van der Waals surface area (Å²) in [4.78, 5) is 11.8. The Labute approximate surface area is 150 Å². The lowest BCUT2D eigenvalue weighted by Crippen LogP contribution is -2.54. The van der Waals surface area contributed by atoms with Crippen LogP contribution in [0.2, 0.25) is 0 Å². The number of carboxylic acids is 1. The maximum absolute atomic E-state index is 11.8. The highest BCUT2D eigenvalue weighted by Crippen LogP contribution is 2.62. The second kappa shape index (κ2) is 8.19. The molecule has 0 aliphatic heterocycles. The molecule has 5 atom stereocenters. The van der Waals surface area contributed by atoms with E-state index in [2.05, 4.69) is 13.8 Å². The van der Waals surface area contributed by atoms with E-state index in [-0.39, 0.29) is 37.1 Å². The molecule has 0 spiro atoms. The second-order valence-electron chi connectivity index (χ2n) is 8.41. The van der Waals surface area contributed by atoms with Crippen molar-refractivity contribution in [3.8, 4) is 0 Å². The Balaban J connectivity index is 2.30. The molecule has 2 aliphatic carbocycles. The zero-order valence-corrected chi connectivity index (χ0v) is 15.6. The molecule has 0 amide bonds. The van der Waals surface area contributed by atoms with E-state index >= 15 is 0 Å². The first-order valence-corrected chi connectivity index (χ1v) is 9.62. The fourth-order valence-corrected chi connectivity index (χ4v) is 5.50. The summed E-state index contributed by atoms with van der Waals surface area (Å²) in [7, 11) is 0. The molecular weight excluding hydrogens is 320 g/mol. The SMILES string of the molecule is C[C@@H]1CC[C@]2(CO)C(C(=O)O)=CCC[C@@H]2[C@]1(C)CC[C@@H](CO)CCO. The van der Waals surface area contributed by atoms with Gasteiger partial charge in [-0.3, -0.25) is 0 Å². The van der Waals surface area contributed by atoms with Gasteiger partial charge in [0.2, 0.25) is 0 Å². The Kier molecular flexibility index (Phi) is 6.68. The molecule has 0 saturated heterocycles. The summed E-state index contributed by atoms with van der Waals surface area (Å²) < 4.78 is 0. The number of fused-ring (bicyclic) bond motifs is 1. The fourth-order valence-electron chi connectivity index (χ4n) is 5.50. The summed E-state index contributed by atoms with van der Waals surface area (Å²) in [5.74, 6) is -0.237. The summed E-state index contributed by atoms with van der Waals surface area (Å²) >= 11 is 0. The highest BCUT2D eigenvalue weighted by molar-refractivity contribution is 5.88. The van der Waals surface area contributed by atoms with E-state index < -0.39 is 11.4 Å². The molecule has 5 nitrogen and oxygen atoms in total. The van der Waals surface area contributed by atoms with E-state index in [1.807, 2.05) is 6.08 Å². The van der Waals surface area contributed by atoms with Crippen molar-refractivity contribution in [1.82, 2.24) is 0 Å². The number of carbonyl (C=O) groups is 1. The second-order valence-corrected chi connectivity index (χ2v) is 8.41. The summed E-state index contributed by atoms with van der Waals surface area (Å²) in [5.41, 5.74) is -0.311. The van der Waals surface area contributed by atoms with Crippen molar-refractivity contribution in [2.75, 3.05) is 19.8 Å². The van der Waals surface area contributed by atoms with E-state index in [1.165, 1.54) is 0 Å². The molecule has 0 unspecified atom stereocenters. The first-order chi connectivity index (χ1) is 11.9. The number of hydrogen-bond donors (Lipinski definition) is 4. The van der Waals surface area contributed by atoms with E-state index in [0.29, 0.717) is 17.9 Å². The number of aliphatic hydroxyl groups excluding tert-OH is 3. The predicted octanol–water partition coefficient (Wildman–Crippen LogP) is 2.59. The molecule has 4 N–H and O–H groups in total. The van der Waals surface area contributed by atoms with Gasteiger partial charge in [-0.1, -0.05) is 19.9 Å². The van der Waals surface area contributed by atoms with Gasteiger partial charge < -0.3 is 20.4 Å². The Hall–Kier alpha value is -0.910. The zero-order valence-electron chi connectivity index (χ0n) is 15.6. The molecule has 2 aliphatic rings. The van der Waals surface area contributed by atoms with Crippen LogP contribution >= 0.6 is 0 Å². The van der Waals surface area contributed by atoms with Crippen LogP contribution in [0.4, 0.5) is 0 Å². The number of allylic oxidation sites excluding steroid dienone is 1. The molecule has 25 heavy (non-hydrogen) atoms. The molecule has 0 bridgehead atoms. The Bertz CT molecular complexity index is 502. The van der Waals surface area contributed by atoms with Gasteiger partial charge in [-0.25, -0.2) is 4.79 Å². The normalized spacial score (nSPS) is 36.4. The van der Waals surface area contributed by atoms with E-state index in [9.17, 15) is 20.1 Å². The van der Waals surface area contributed by atoms with Gasteiger partial charge >= 0.3 is 5.97 Å². The van der Waals surface area contributed by atoms with Crippen molar-refractivity contribution in [1.29, 1.82) is 0 Å². The fraction of sp³-hybridized carbons (Fsp3) is 0.850. The lowest BCUT2D eigenvalue weighted by molar-refractivity contribution is -0.140. The van der Waals surface area contributed by atoms with Crippen LogP contribution in [0.3, 0.4) is 0 Å². The molecule has 144 valence electrons. The van der Waals surface area contributed by atoms with Gasteiger partial charge in [-0.2, -0.15) is 0 Å². The summed E-state index contributed by atoms with van der Waals surface area (Å²) in [6.07, 6.45) is 7.40. The standard InChI is InChI=1S/C20H34O5/c1-14-6-10-20(13-23)16(18(24)25)4-3-5-17(20)19(14,2)9-7-15(12-22)8-11-21/h4,14-15,17,21-23H,3,5-13H2,1-2H3,(H,24,25)/t14-,15-,17-,19-,20+/m1/s1. The van der Waals surface area contributed by atoms with Crippen molar-refractivity contribution < 1.29 is 25.2 Å². The zero-order chi connectivity index (χ0) is 18.7. The van der Waals surface area contributed by atoms with Crippen LogP contribution in [0.25, 0.3) is 0 Å². The van der Waals surface area contributed by atoms with Gasteiger partial charge in [0.1, 0.15) is 0 Å². The molecule has 0 aromatic rings. The molecule has 0 aromatic heterocycles. The Morgan fingerprint density at radius 1 is 1.28 bits per heavy atom. The lowest BCUT2D eigenvalue weighted by atomic mass is 9.46. The highest BCUT2D eigenvalue weighted by Gasteiger charge is 2.57. The Morgan fingerprint density at radius 3 is 2.56 bits per heavy atom. The number of aliphatic hydroxyl groups is 3. The molecular formula is C20H34O5. The van der Waals surface area contributed by atoms with Crippen LogP contribution < -0.4 is 0 Å². The molecule has 5 heteroatoms. The van der Waals surface area contributed by atoms with E-state index in [4.69, 9.17) is 5.11 Å². The number of aliphatic carboxylic acids is 1. The third-order valence-corrected chi connectivity index (χ3v) is 7.35. The van der Waals surface area contributed by atoms with Crippen molar-refractivity contribution in [3.05, 3.63) is 11.6 Å². The smallest absolute Gasteiger partial charge is 0.331 e. The van der Waals surface area contributed by atoms with Gasteiger partial charge in [0.05, 0.1) is 6.61 Å². The molecule has 0 heterocycles. The van der Waals surface area contributed by atoms with Crippen LogP contribution in [0.5, 0.6) is 0 Å². The largest absolute Gasteiger partial charge is 0.478 e. The van der Waals surface area contributed by atoms with Gasteiger partial charge in [0, 0.05) is 24.2 Å². The van der Waals surface area contributed by atoms with Crippen LogP contribution in [0.1, 0.15) is 58.8 Å². The topological polar surface area (TPSA) is 98.0 Å². The first kappa shape index (κ1) is 20.4. The molecule has 0 radical (unpaired) electrons. The minimum atomic E-state index is -0.899. The van der Waals surface area contributed by atoms with Gasteiger partial charge in [-0.15, -0.1) is 0 Å². The van der Waals surface area contributed by atoms with E-state index in [1.54, 1.807) is 0 Å². The van der Waals surface area contributed by atoms with Crippen LogP contribution in [-0.4, -0.2) is 46.2 Å². The minimum absolute atomic E-state index is 0.0705. The molecule has 1 fully saturated rings. The molecule has 2 rings (SSSR count). The number of rotatable bonds is 8. The van der Waals surface area contributed by atoms with Crippen LogP contribution in [0, 0.1) is 28.6 Å². The summed E-state index contributed by atoms with van der Waals surface area (Å²) in [6, 6.07) is 0. The van der Waals surface area contributed by atoms with Gasteiger partial charge in [0.25, 0.3) is 0 Å². The summed E-state index contributed by atoms with van der Waals surface area (Å²) in [6.45, 7) is 4.51. The Morgan fingerprint density at radius 2 is 2.00 bits per heavy atom. The third kappa shape index (κ3) is 3.64. The highest BCUT2D eigenvalue weighted by atomic mass is 16.4. The molecule has 1 saturated carbocycles. The quantitative estimate of drug-likeness (QED) is 0.537. The number of hydrogen-bond acceptors (Lipinski definition) is 4. The maximum Gasteiger partial charge on any atom is 0.331 e. The monoisotopic (exact) mass is 354 g/mol. The van der Waals surface area contributed by atoms with Gasteiger partial charge in [-0.05, 0) is 68.1 Å². The van der Waals surface area contributed by atoms with Crippen LogP contribution in [-0.2, 0) is 4.79 Å². The van der Waals surface area contributed by atoms with Crippen molar-refractivity contribution in [2.24, 2.45) is 28.6 Å². The average molecular weight is 354 g/mol. The summed E-state index contributed by atoms with van der Waals surface area (Å²) in [5, 5.41) is 38.6. The number of carboxylic acid groups (broad SMARTS) is 1. The predicted molar refractivity (Wildman–Crippen MR) is 96.0 cm³/mol. The van der Waals surface area contributed by atoms with Crippen molar-refractivity contribution in [3.63, 3.8) is 0 Å². The van der Waals surface area contributed by atoms with Crippen molar-refractivity contribution >= 4 is 5.97 Å². The van der Waals surface area contributed by atoms with Crippen LogP contribution in [0.15, 0.2) is 11.6 Å². The first-order valence-electron chi connectivity index (χ1n) is 9.62. The average Bonchev–Trinajstić information content (AvgIpc) is 2.61. The van der Waals surface area contributed by atoms with E-state index in [0.717, 1.165) is 38.5 Å². The minimum Gasteiger partial charge on any atom is -0.478 e.